The van der Waals surface area contributed by atoms with Crippen molar-refractivity contribution in [3.05, 3.63) is 0 Å². The van der Waals surface area contributed by atoms with Crippen molar-refractivity contribution in [1.82, 2.24) is 10.2 Å². The average Bonchev–Trinajstić information content (AvgIpc) is 2.95. The number of nitrogens with one attached hydrogen (secondary N) is 1. The summed E-state index contributed by atoms with van der Waals surface area (Å²) in [6.07, 6.45) is 5.38. The highest BCUT2D eigenvalue weighted by atomic mass is 16.5. The molecule has 0 unspecified atom stereocenters. The van der Waals surface area contributed by atoms with Crippen molar-refractivity contribution in [3.8, 4) is 0 Å². The van der Waals surface area contributed by atoms with Gasteiger partial charge in [-0.15, -0.1) is 0 Å². The van der Waals surface area contributed by atoms with Gasteiger partial charge >= 0.3 is 0 Å². The Bertz CT molecular complexity index is 303. The number of carbonyl (C=O) groups is 1. The molecule has 2 atom stereocenters. The molecule has 0 spiro atoms. The molecule has 1 saturated heterocycles. The summed E-state index contributed by atoms with van der Waals surface area (Å²) in [6, 6.07) is 0.348. The summed E-state index contributed by atoms with van der Waals surface area (Å²) in [5.41, 5.74) is 5.76. The Morgan fingerprint density at radius 3 is 2.70 bits per heavy atom. The maximum atomic E-state index is 12.3. The number of amides is 1. The average molecular weight is 283 g/mol. The molecule has 116 valence electrons. The SMILES string of the molecule is COCCN1CCC(NC(=O)[C@@H]2CCC[C@@H]2CN)CC1. The van der Waals surface area contributed by atoms with Crippen molar-refractivity contribution in [1.29, 1.82) is 0 Å². The molecule has 3 N–H and O–H groups in total. The summed E-state index contributed by atoms with van der Waals surface area (Å²) in [4.78, 5) is 14.7. The number of likely N-dealkylation sites (tertiary alicyclic amines) is 1. The smallest absolute Gasteiger partial charge is 0.223 e. The first-order chi connectivity index (χ1) is 9.74. The van der Waals surface area contributed by atoms with Crippen molar-refractivity contribution in [2.24, 2.45) is 17.6 Å². The number of carbonyl (C=O) groups excluding carboxylic acids is 1. The summed E-state index contributed by atoms with van der Waals surface area (Å²) >= 11 is 0. The number of methoxy groups -OCH3 is 1. The van der Waals surface area contributed by atoms with Crippen molar-refractivity contribution >= 4 is 5.91 Å². The number of nitrogens with two attached hydrogens (primary N) is 1. The van der Waals surface area contributed by atoms with Crippen LogP contribution in [-0.4, -0.2) is 56.7 Å². The van der Waals surface area contributed by atoms with E-state index in [0.717, 1.165) is 58.3 Å². The van der Waals surface area contributed by atoms with Crippen LogP contribution in [0.15, 0.2) is 0 Å². The Morgan fingerprint density at radius 2 is 2.05 bits per heavy atom. The van der Waals surface area contributed by atoms with Gasteiger partial charge < -0.3 is 20.7 Å². The molecule has 20 heavy (non-hydrogen) atoms. The normalized spacial score (nSPS) is 28.7. The zero-order chi connectivity index (χ0) is 14.4. The Hall–Kier alpha value is -0.650. The van der Waals surface area contributed by atoms with E-state index in [0.29, 0.717) is 18.5 Å². The second kappa shape index (κ2) is 7.96. The molecule has 0 aromatic heterocycles. The van der Waals surface area contributed by atoms with E-state index >= 15 is 0 Å². The number of hydrogen-bond donors (Lipinski definition) is 2. The van der Waals surface area contributed by atoms with E-state index in [2.05, 4.69) is 10.2 Å². The van der Waals surface area contributed by atoms with Gasteiger partial charge in [0.25, 0.3) is 0 Å². The summed E-state index contributed by atoms with van der Waals surface area (Å²) < 4.78 is 5.10. The van der Waals surface area contributed by atoms with Gasteiger partial charge in [0.05, 0.1) is 6.61 Å². The standard InChI is InChI=1S/C15H29N3O2/c1-20-10-9-18-7-5-13(6-8-18)17-15(19)14-4-2-3-12(14)11-16/h12-14H,2-11,16H2,1H3,(H,17,19)/t12-,14-/m1/s1. The van der Waals surface area contributed by atoms with E-state index in [4.69, 9.17) is 10.5 Å². The molecule has 2 aliphatic rings. The molecular weight excluding hydrogens is 254 g/mol. The first-order valence-corrected chi connectivity index (χ1v) is 7.96. The zero-order valence-corrected chi connectivity index (χ0v) is 12.6. The zero-order valence-electron chi connectivity index (χ0n) is 12.6. The maximum absolute atomic E-state index is 12.3. The van der Waals surface area contributed by atoms with Crippen LogP contribution in [-0.2, 0) is 9.53 Å². The molecular formula is C15H29N3O2. The lowest BCUT2D eigenvalue weighted by Gasteiger charge is -2.33. The third-order valence-corrected chi connectivity index (χ3v) is 4.84. The van der Waals surface area contributed by atoms with Crippen LogP contribution in [0.3, 0.4) is 0 Å². The van der Waals surface area contributed by atoms with E-state index in [9.17, 15) is 4.79 Å². The lowest BCUT2D eigenvalue weighted by atomic mass is 9.94. The molecule has 0 bridgehead atoms. The van der Waals surface area contributed by atoms with Gasteiger partial charge in [0.2, 0.25) is 5.91 Å². The highest BCUT2D eigenvalue weighted by Gasteiger charge is 2.33. The first kappa shape index (κ1) is 15.7. The maximum Gasteiger partial charge on any atom is 0.223 e. The van der Waals surface area contributed by atoms with Gasteiger partial charge in [-0.2, -0.15) is 0 Å². The highest BCUT2D eigenvalue weighted by Crippen LogP contribution is 2.31. The van der Waals surface area contributed by atoms with Gasteiger partial charge in [-0.05, 0) is 38.1 Å². The molecule has 1 aliphatic heterocycles. The van der Waals surface area contributed by atoms with Gasteiger partial charge in [0.15, 0.2) is 0 Å². The molecule has 0 radical (unpaired) electrons. The molecule has 0 aromatic carbocycles. The molecule has 1 amide bonds. The predicted octanol–water partition coefficient (Wildman–Crippen LogP) is 0.588. The number of piperidine rings is 1. The molecule has 1 heterocycles. The van der Waals surface area contributed by atoms with Crippen LogP contribution in [0.2, 0.25) is 0 Å². The van der Waals surface area contributed by atoms with Gasteiger partial charge in [-0.25, -0.2) is 0 Å². The second-order valence-corrected chi connectivity index (χ2v) is 6.15. The second-order valence-electron chi connectivity index (χ2n) is 6.15. The minimum atomic E-state index is 0.159. The lowest BCUT2D eigenvalue weighted by Crippen LogP contribution is -2.47. The van der Waals surface area contributed by atoms with Crippen molar-refractivity contribution in [2.75, 3.05) is 39.9 Å². The monoisotopic (exact) mass is 283 g/mol. The fourth-order valence-electron chi connectivity index (χ4n) is 3.49. The highest BCUT2D eigenvalue weighted by molar-refractivity contribution is 5.79. The van der Waals surface area contributed by atoms with E-state index in [1.807, 2.05) is 0 Å². The molecule has 5 heteroatoms. The van der Waals surface area contributed by atoms with Crippen molar-refractivity contribution < 1.29 is 9.53 Å². The molecule has 0 aromatic rings. The van der Waals surface area contributed by atoms with E-state index in [1.54, 1.807) is 7.11 Å². The Labute approximate surface area is 122 Å². The van der Waals surface area contributed by atoms with Gasteiger partial charge in [-0.1, -0.05) is 6.42 Å². The van der Waals surface area contributed by atoms with E-state index in [-0.39, 0.29) is 11.8 Å². The minimum Gasteiger partial charge on any atom is -0.383 e. The van der Waals surface area contributed by atoms with Crippen LogP contribution in [0, 0.1) is 11.8 Å². The van der Waals surface area contributed by atoms with Crippen LogP contribution in [0.25, 0.3) is 0 Å². The summed E-state index contributed by atoms with van der Waals surface area (Å²) in [5.74, 6) is 0.802. The largest absolute Gasteiger partial charge is 0.383 e. The fraction of sp³-hybridized carbons (Fsp3) is 0.933. The Kier molecular flexibility index (Phi) is 6.26. The van der Waals surface area contributed by atoms with Crippen molar-refractivity contribution in [2.45, 2.75) is 38.1 Å². The lowest BCUT2D eigenvalue weighted by molar-refractivity contribution is -0.127. The topological polar surface area (TPSA) is 67.6 Å². The van der Waals surface area contributed by atoms with E-state index < -0.39 is 0 Å². The molecule has 1 saturated carbocycles. The summed E-state index contributed by atoms with van der Waals surface area (Å²) in [6.45, 7) is 4.54. The van der Waals surface area contributed by atoms with Crippen LogP contribution in [0.4, 0.5) is 0 Å². The Balaban J connectivity index is 1.71. The third kappa shape index (κ3) is 4.17. The van der Waals surface area contributed by atoms with Crippen LogP contribution in [0.5, 0.6) is 0 Å². The summed E-state index contributed by atoms with van der Waals surface area (Å²) in [5, 5.41) is 3.25. The van der Waals surface area contributed by atoms with Gasteiger partial charge in [0, 0.05) is 38.7 Å². The van der Waals surface area contributed by atoms with Crippen LogP contribution >= 0.6 is 0 Å². The molecule has 5 nitrogen and oxygen atoms in total. The number of hydrogen-bond acceptors (Lipinski definition) is 4. The third-order valence-electron chi connectivity index (χ3n) is 4.84. The van der Waals surface area contributed by atoms with Gasteiger partial charge in [0.1, 0.15) is 0 Å². The quantitative estimate of drug-likeness (QED) is 0.748. The predicted molar refractivity (Wildman–Crippen MR) is 79.4 cm³/mol. The first-order valence-electron chi connectivity index (χ1n) is 7.96. The van der Waals surface area contributed by atoms with Crippen LogP contribution in [0.1, 0.15) is 32.1 Å². The molecule has 2 fully saturated rings. The van der Waals surface area contributed by atoms with Crippen molar-refractivity contribution in [3.63, 3.8) is 0 Å². The van der Waals surface area contributed by atoms with E-state index in [1.165, 1.54) is 0 Å². The summed E-state index contributed by atoms with van der Waals surface area (Å²) in [7, 11) is 1.74. The van der Waals surface area contributed by atoms with Crippen LogP contribution < -0.4 is 11.1 Å². The number of rotatable bonds is 6. The molecule has 2 rings (SSSR count). The number of nitrogens with zero attached hydrogens (tertiary/aromatic N) is 1. The van der Waals surface area contributed by atoms with Gasteiger partial charge in [-0.3, -0.25) is 4.79 Å². The molecule has 1 aliphatic carbocycles. The Morgan fingerprint density at radius 1 is 1.30 bits per heavy atom. The number of ether oxygens (including phenoxy) is 1. The minimum absolute atomic E-state index is 0.159. The fourth-order valence-corrected chi connectivity index (χ4v) is 3.49.